The highest BCUT2D eigenvalue weighted by Gasteiger charge is 2.24. The lowest BCUT2D eigenvalue weighted by Gasteiger charge is -2.14. The van der Waals surface area contributed by atoms with Gasteiger partial charge in [-0.3, -0.25) is 4.84 Å². The quantitative estimate of drug-likeness (QED) is 0.664. The molecule has 2 aliphatic rings. The Kier molecular flexibility index (Phi) is 2.17. The van der Waals surface area contributed by atoms with Crippen LogP contribution >= 0.6 is 0 Å². The summed E-state index contributed by atoms with van der Waals surface area (Å²) in [6.07, 6.45) is 3.49. The largest absolute Gasteiger partial charge is 0.341 e. The minimum Gasteiger partial charge on any atom is -0.336 e. The maximum absolute atomic E-state index is 11.3. The van der Waals surface area contributed by atoms with Crippen molar-refractivity contribution in [3.8, 4) is 0 Å². The fraction of sp³-hybridized carbons (Fsp3) is 0.875. The fourth-order valence-electron chi connectivity index (χ4n) is 1.25. The lowest BCUT2D eigenvalue weighted by atomic mass is 10.4. The van der Waals surface area contributed by atoms with Crippen LogP contribution in [-0.2, 0) is 4.84 Å². The Bertz CT molecular complexity index is 174. The van der Waals surface area contributed by atoms with Gasteiger partial charge in [0.2, 0.25) is 0 Å². The summed E-state index contributed by atoms with van der Waals surface area (Å²) in [4.78, 5) is 16.4. The van der Waals surface area contributed by atoms with Gasteiger partial charge in [0.1, 0.15) is 0 Å². The first kappa shape index (κ1) is 7.86. The van der Waals surface area contributed by atoms with Gasteiger partial charge < -0.3 is 5.32 Å². The van der Waals surface area contributed by atoms with Crippen molar-refractivity contribution in [2.75, 3.05) is 19.7 Å². The van der Waals surface area contributed by atoms with E-state index in [1.54, 1.807) is 0 Å². The number of hydrogen-bond donors (Lipinski definition) is 1. The normalized spacial score (nSPS) is 22.8. The second-order valence-electron chi connectivity index (χ2n) is 3.42. The molecule has 0 radical (unpaired) electrons. The smallest absolute Gasteiger partial charge is 0.336 e. The van der Waals surface area contributed by atoms with Gasteiger partial charge >= 0.3 is 6.03 Å². The summed E-state index contributed by atoms with van der Waals surface area (Å²) in [6.45, 7) is 2.23. The van der Waals surface area contributed by atoms with Crippen LogP contribution in [0.3, 0.4) is 0 Å². The van der Waals surface area contributed by atoms with Crippen molar-refractivity contribution >= 4 is 6.03 Å². The summed E-state index contributed by atoms with van der Waals surface area (Å²) >= 11 is 0. The number of amides is 2. The zero-order valence-corrected chi connectivity index (χ0v) is 7.08. The SMILES string of the molecule is O=C(NCC1CC1)N1CCCO1. The van der Waals surface area contributed by atoms with Crippen LogP contribution in [0.4, 0.5) is 4.79 Å². The summed E-state index contributed by atoms with van der Waals surface area (Å²) in [5.41, 5.74) is 0. The number of nitrogens with one attached hydrogen (secondary N) is 1. The van der Waals surface area contributed by atoms with E-state index in [9.17, 15) is 4.79 Å². The molecule has 2 rings (SSSR count). The Morgan fingerprint density at radius 3 is 3.00 bits per heavy atom. The number of nitrogens with zero attached hydrogens (tertiary/aromatic N) is 1. The Morgan fingerprint density at radius 2 is 2.42 bits per heavy atom. The molecule has 0 aromatic rings. The maximum atomic E-state index is 11.3. The molecule has 2 fully saturated rings. The van der Waals surface area contributed by atoms with E-state index in [1.165, 1.54) is 17.9 Å². The topological polar surface area (TPSA) is 41.6 Å². The predicted octanol–water partition coefficient (Wildman–Crippen LogP) is 0.743. The monoisotopic (exact) mass is 170 g/mol. The van der Waals surface area contributed by atoms with Gasteiger partial charge in [0.25, 0.3) is 0 Å². The molecule has 1 N–H and O–H groups in total. The number of hydrogen-bond acceptors (Lipinski definition) is 2. The molecular formula is C8H14N2O2. The highest BCUT2D eigenvalue weighted by molar-refractivity contribution is 5.73. The fourth-order valence-corrected chi connectivity index (χ4v) is 1.25. The van der Waals surface area contributed by atoms with Crippen LogP contribution in [0.5, 0.6) is 0 Å². The van der Waals surface area contributed by atoms with Crippen LogP contribution in [0, 0.1) is 5.92 Å². The number of carbonyl (C=O) groups excluding carboxylic acids is 1. The molecule has 1 aliphatic heterocycles. The number of hydroxylamine groups is 2. The summed E-state index contributed by atoms with van der Waals surface area (Å²) in [5.74, 6) is 0.733. The van der Waals surface area contributed by atoms with Crippen molar-refractivity contribution in [2.24, 2.45) is 5.92 Å². The molecule has 1 saturated carbocycles. The first-order chi connectivity index (χ1) is 5.86. The molecule has 0 aromatic carbocycles. The minimum atomic E-state index is -0.0700. The minimum absolute atomic E-state index is 0.0700. The molecule has 68 valence electrons. The van der Waals surface area contributed by atoms with E-state index in [0.717, 1.165) is 25.4 Å². The first-order valence-electron chi connectivity index (χ1n) is 4.54. The molecule has 0 bridgehead atoms. The van der Waals surface area contributed by atoms with Gasteiger partial charge in [0.05, 0.1) is 13.2 Å². The lowest BCUT2D eigenvalue weighted by Crippen LogP contribution is -2.38. The lowest BCUT2D eigenvalue weighted by molar-refractivity contribution is -0.0662. The van der Waals surface area contributed by atoms with Crippen LogP contribution in [0.1, 0.15) is 19.3 Å². The van der Waals surface area contributed by atoms with Gasteiger partial charge in [-0.15, -0.1) is 0 Å². The Hall–Kier alpha value is -0.770. The van der Waals surface area contributed by atoms with Crippen molar-refractivity contribution in [3.05, 3.63) is 0 Å². The first-order valence-corrected chi connectivity index (χ1v) is 4.54. The van der Waals surface area contributed by atoms with E-state index in [-0.39, 0.29) is 6.03 Å². The molecular weight excluding hydrogens is 156 g/mol. The Labute approximate surface area is 71.8 Å². The summed E-state index contributed by atoms with van der Waals surface area (Å²) < 4.78 is 0. The zero-order valence-electron chi connectivity index (χ0n) is 7.08. The van der Waals surface area contributed by atoms with E-state index in [2.05, 4.69) is 5.32 Å². The number of urea groups is 1. The van der Waals surface area contributed by atoms with Crippen molar-refractivity contribution < 1.29 is 9.63 Å². The van der Waals surface area contributed by atoms with Gasteiger partial charge in [-0.25, -0.2) is 9.86 Å². The molecule has 4 heteroatoms. The molecule has 0 unspecified atom stereocenters. The summed E-state index contributed by atoms with van der Waals surface area (Å²) in [7, 11) is 0. The zero-order chi connectivity index (χ0) is 8.39. The third-order valence-electron chi connectivity index (χ3n) is 2.22. The van der Waals surface area contributed by atoms with Crippen LogP contribution in [-0.4, -0.2) is 30.8 Å². The molecule has 1 saturated heterocycles. The highest BCUT2D eigenvalue weighted by atomic mass is 16.7. The van der Waals surface area contributed by atoms with Crippen LogP contribution < -0.4 is 5.32 Å². The van der Waals surface area contributed by atoms with E-state index in [0.29, 0.717) is 6.61 Å². The maximum Gasteiger partial charge on any atom is 0.341 e. The van der Waals surface area contributed by atoms with E-state index in [4.69, 9.17) is 4.84 Å². The second kappa shape index (κ2) is 3.31. The molecule has 1 heterocycles. The van der Waals surface area contributed by atoms with Crippen LogP contribution in [0.2, 0.25) is 0 Å². The van der Waals surface area contributed by atoms with Gasteiger partial charge in [-0.05, 0) is 25.2 Å². The molecule has 2 amide bonds. The molecule has 1 aliphatic carbocycles. The second-order valence-corrected chi connectivity index (χ2v) is 3.42. The predicted molar refractivity (Wildman–Crippen MR) is 43.4 cm³/mol. The summed E-state index contributed by atoms with van der Waals surface area (Å²) in [6, 6.07) is -0.0700. The number of carbonyl (C=O) groups is 1. The van der Waals surface area contributed by atoms with Gasteiger partial charge in [0.15, 0.2) is 0 Å². The Morgan fingerprint density at radius 1 is 1.58 bits per heavy atom. The van der Waals surface area contributed by atoms with Crippen molar-refractivity contribution in [2.45, 2.75) is 19.3 Å². The molecule has 0 atom stereocenters. The van der Waals surface area contributed by atoms with Crippen LogP contribution in [0.25, 0.3) is 0 Å². The van der Waals surface area contributed by atoms with Gasteiger partial charge in [-0.2, -0.15) is 0 Å². The molecule has 0 aromatic heterocycles. The molecule has 4 nitrogen and oxygen atoms in total. The average molecular weight is 170 g/mol. The van der Waals surface area contributed by atoms with Gasteiger partial charge in [-0.1, -0.05) is 0 Å². The van der Waals surface area contributed by atoms with E-state index in [1.807, 2.05) is 0 Å². The van der Waals surface area contributed by atoms with Crippen molar-refractivity contribution in [1.29, 1.82) is 0 Å². The van der Waals surface area contributed by atoms with Crippen molar-refractivity contribution in [1.82, 2.24) is 10.4 Å². The van der Waals surface area contributed by atoms with E-state index >= 15 is 0 Å². The number of rotatable bonds is 2. The third kappa shape index (κ3) is 1.88. The molecule has 12 heavy (non-hydrogen) atoms. The Balaban J connectivity index is 1.67. The third-order valence-corrected chi connectivity index (χ3v) is 2.22. The van der Waals surface area contributed by atoms with Gasteiger partial charge in [0, 0.05) is 6.54 Å². The summed E-state index contributed by atoms with van der Waals surface area (Å²) in [5, 5.41) is 4.27. The van der Waals surface area contributed by atoms with Crippen molar-refractivity contribution in [3.63, 3.8) is 0 Å². The standard InChI is InChI=1S/C8H14N2O2/c11-8(9-6-7-2-3-7)10-4-1-5-12-10/h7H,1-6H2,(H,9,11). The van der Waals surface area contributed by atoms with Crippen LogP contribution in [0.15, 0.2) is 0 Å². The average Bonchev–Trinajstić information content (AvgIpc) is 2.74. The van der Waals surface area contributed by atoms with E-state index < -0.39 is 0 Å². The highest BCUT2D eigenvalue weighted by Crippen LogP contribution is 2.27. The molecule has 0 spiro atoms.